The molecular weight excluding hydrogens is 278 g/mol. The van der Waals surface area contributed by atoms with Crippen LogP contribution in [0.5, 0.6) is 0 Å². The van der Waals surface area contributed by atoms with Crippen LogP contribution in [0.15, 0.2) is 6.07 Å². The van der Waals surface area contributed by atoms with Gasteiger partial charge in [0.2, 0.25) is 0 Å². The predicted octanol–water partition coefficient (Wildman–Crippen LogP) is 3.98. The molecule has 2 aromatic heterocycles. The fraction of sp³-hybridized carbons (Fsp3) is 0.588. The number of aromatic nitrogens is 2. The van der Waals surface area contributed by atoms with Crippen LogP contribution in [-0.4, -0.2) is 16.3 Å². The van der Waals surface area contributed by atoms with Crippen LogP contribution < -0.4 is 5.32 Å². The van der Waals surface area contributed by atoms with Crippen molar-refractivity contribution in [1.82, 2.24) is 15.1 Å². The van der Waals surface area contributed by atoms with Crippen LogP contribution in [0.2, 0.25) is 0 Å². The van der Waals surface area contributed by atoms with Gasteiger partial charge in [0.1, 0.15) is 0 Å². The van der Waals surface area contributed by atoms with E-state index in [2.05, 4.69) is 50.7 Å². The number of aryl methyl sites for hydroxylation is 2. The van der Waals surface area contributed by atoms with E-state index in [0.29, 0.717) is 0 Å². The van der Waals surface area contributed by atoms with E-state index in [-0.39, 0.29) is 0 Å². The molecule has 2 aromatic rings. The topological polar surface area (TPSA) is 29.9 Å². The Kier molecular flexibility index (Phi) is 5.59. The Bertz CT molecular complexity index is 595. The third-order valence-corrected chi connectivity index (χ3v) is 5.10. The minimum atomic E-state index is 0.892. The van der Waals surface area contributed by atoms with Crippen molar-refractivity contribution in [3.63, 3.8) is 0 Å². The highest BCUT2D eigenvalue weighted by Crippen LogP contribution is 2.24. The number of hydrogen-bond donors (Lipinski definition) is 1. The fourth-order valence-corrected chi connectivity index (χ4v) is 3.80. The number of thiophene rings is 1. The Hall–Kier alpha value is -1.13. The van der Waals surface area contributed by atoms with Crippen LogP contribution in [0.1, 0.15) is 52.5 Å². The lowest BCUT2D eigenvalue weighted by Gasteiger charge is -2.04. The molecule has 0 bridgehead atoms. The first-order chi connectivity index (χ1) is 10.1. The SMILES string of the molecule is CCCNCc1cc(Cn2nc(C)c(CC)c2C)c(C)s1. The molecule has 0 spiro atoms. The maximum Gasteiger partial charge on any atom is 0.0673 e. The molecule has 0 radical (unpaired) electrons. The average Bonchev–Trinajstić information content (AvgIpc) is 2.92. The van der Waals surface area contributed by atoms with Crippen molar-refractivity contribution in [2.75, 3.05) is 6.54 Å². The van der Waals surface area contributed by atoms with Crippen LogP contribution in [0.25, 0.3) is 0 Å². The first kappa shape index (κ1) is 16.2. The lowest BCUT2D eigenvalue weighted by Crippen LogP contribution is -2.12. The van der Waals surface area contributed by atoms with E-state index in [9.17, 15) is 0 Å². The van der Waals surface area contributed by atoms with E-state index < -0.39 is 0 Å². The largest absolute Gasteiger partial charge is 0.312 e. The molecule has 0 aromatic carbocycles. The molecule has 116 valence electrons. The average molecular weight is 305 g/mol. The van der Waals surface area contributed by atoms with E-state index in [1.807, 2.05) is 11.3 Å². The number of nitrogens with one attached hydrogen (secondary N) is 1. The molecule has 0 aliphatic rings. The van der Waals surface area contributed by atoms with Gasteiger partial charge in [0.05, 0.1) is 12.2 Å². The van der Waals surface area contributed by atoms with E-state index >= 15 is 0 Å². The van der Waals surface area contributed by atoms with Crippen LogP contribution in [0.3, 0.4) is 0 Å². The molecule has 0 saturated heterocycles. The second kappa shape index (κ2) is 7.23. The summed E-state index contributed by atoms with van der Waals surface area (Å²) in [7, 11) is 0. The normalized spacial score (nSPS) is 11.3. The van der Waals surface area contributed by atoms with Gasteiger partial charge in [-0.25, -0.2) is 0 Å². The molecule has 0 saturated carbocycles. The highest BCUT2D eigenvalue weighted by atomic mass is 32.1. The van der Waals surface area contributed by atoms with Crippen molar-refractivity contribution in [2.45, 2.75) is 60.5 Å². The lowest BCUT2D eigenvalue weighted by atomic mass is 10.1. The Morgan fingerprint density at radius 3 is 2.62 bits per heavy atom. The zero-order chi connectivity index (χ0) is 15.4. The first-order valence-electron chi connectivity index (χ1n) is 7.88. The van der Waals surface area contributed by atoms with Crippen molar-refractivity contribution in [3.8, 4) is 0 Å². The van der Waals surface area contributed by atoms with Gasteiger partial charge < -0.3 is 5.32 Å². The molecule has 0 amide bonds. The molecule has 21 heavy (non-hydrogen) atoms. The summed E-state index contributed by atoms with van der Waals surface area (Å²) in [6.45, 7) is 13.9. The molecule has 1 N–H and O–H groups in total. The summed E-state index contributed by atoms with van der Waals surface area (Å²) < 4.78 is 2.16. The third-order valence-electron chi connectivity index (χ3n) is 4.00. The summed E-state index contributed by atoms with van der Waals surface area (Å²) in [5, 5.41) is 8.19. The highest BCUT2D eigenvalue weighted by Gasteiger charge is 2.12. The summed E-state index contributed by atoms with van der Waals surface area (Å²) in [6.07, 6.45) is 2.25. The zero-order valence-corrected chi connectivity index (χ0v) is 14.7. The van der Waals surface area contributed by atoms with E-state index in [1.165, 1.54) is 38.7 Å². The molecule has 2 heterocycles. The van der Waals surface area contributed by atoms with Gasteiger partial charge in [-0.3, -0.25) is 4.68 Å². The quantitative estimate of drug-likeness (QED) is 0.784. The Labute approximate surface area is 132 Å². The van der Waals surface area contributed by atoms with E-state index in [1.54, 1.807) is 0 Å². The Morgan fingerprint density at radius 2 is 2.00 bits per heavy atom. The summed E-state index contributed by atoms with van der Waals surface area (Å²) in [5.41, 5.74) is 5.29. The molecule has 0 unspecified atom stereocenters. The number of hydrogen-bond acceptors (Lipinski definition) is 3. The fourth-order valence-electron chi connectivity index (χ4n) is 2.78. The molecule has 2 rings (SSSR count). The van der Waals surface area contributed by atoms with Crippen LogP contribution >= 0.6 is 11.3 Å². The van der Waals surface area contributed by atoms with Gasteiger partial charge in [-0.05, 0) is 57.4 Å². The molecule has 0 atom stereocenters. The highest BCUT2D eigenvalue weighted by molar-refractivity contribution is 7.12. The van der Waals surface area contributed by atoms with Crippen LogP contribution in [0, 0.1) is 20.8 Å². The Balaban J connectivity index is 2.12. The van der Waals surface area contributed by atoms with Crippen molar-refractivity contribution in [3.05, 3.63) is 38.3 Å². The summed E-state index contributed by atoms with van der Waals surface area (Å²) >= 11 is 1.90. The monoisotopic (exact) mass is 305 g/mol. The van der Waals surface area contributed by atoms with E-state index in [4.69, 9.17) is 5.10 Å². The minimum Gasteiger partial charge on any atom is -0.312 e. The summed E-state index contributed by atoms with van der Waals surface area (Å²) in [5.74, 6) is 0. The van der Waals surface area contributed by atoms with Gasteiger partial charge in [-0.1, -0.05) is 13.8 Å². The summed E-state index contributed by atoms with van der Waals surface area (Å²) in [6, 6.07) is 2.34. The van der Waals surface area contributed by atoms with Crippen molar-refractivity contribution < 1.29 is 0 Å². The van der Waals surface area contributed by atoms with Crippen LogP contribution in [-0.2, 0) is 19.5 Å². The smallest absolute Gasteiger partial charge is 0.0673 e. The van der Waals surface area contributed by atoms with Crippen molar-refractivity contribution in [1.29, 1.82) is 0 Å². The minimum absolute atomic E-state index is 0.892. The maximum atomic E-state index is 4.71. The van der Waals surface area contributed by atoms with Gasteiger partial charge in [0, 0.05) is 22.0 Å². The van der Waals surface area contributed by atoms with Crippen LogP contribution in [0.4, 0.5) is 0 Å². The number of nitrogens with zero attached hydrogens (tertiary/aromatic N) is 2. The Morgan fingerprint density at radius 1 is 1.24 bits per heavy atom. The molecule has 0 aliphatic carbocycles. The van der Waals surface area contributed by atoms with Gasteiger partial charge in [-0.2, -0.15) is 5.10 Å². The standard InChI is InChI=1S/C17H27N3S/c1-6-8-18-10-16-9-15(14(5)21-16)11-20-13(4)17(7-2)12(3)19-20/h9,18H,6-8,10-11H2,1-5H3. The first-order valence-corrected chi connectivity index (χ1v) is 8.70. The molecule has 0 fully saturated rings. The van der Waals surface area contributed by atoms with Gasteiger partial charge in [0.15, 0.2) is 0 Å². The van der Waals surface area contributed by atoms with Gasteiger partial charge in [0.25, 0.3) is 0 Å². The number of rotatable bonds is 7. The second-order valence-electron chi connectivity index (χ2n) is 5.63. The summed E-state index contributed by atoms with van der Waals surface area (Å²) in [4.78, 5) is 2.84. The molecule has 0 aliphatic heterocycles. The van der Waals surface area contributed by atoms with Crippen molar-refractivity contribution in [2.24, 2.45) is 0 Å². The van der Waals surface area contributed by atoms with Crippen molar-refractivity contribution >= 4 is 11.3 Å². The van der Waals surface area contributed by atoms with Gasteiger partial charge >= 0.3 is 0 Å². The maximum absolute atomic E-state index is 4.71. The predicted molar refractivity (Wildman–Crippen MR) is 91.2 cm³/mol. The molecule has 3 nitrogen and oxygen atoms in total. The molecular formula is C17H27N3S. The zero-order valence-electron chi connectivity index (χ0n) is 13.9. The van der Waals surface area contributed by atoms with Gasteiger partial charge in [-0.15, -0.1) is 11.3 Å². The molecule has 4 heteroatoms. The van der Waals surface area contributed by atoms with E-state index in [0.717, 1.165) is 26.1 Å². The lowest BCUT2D eigenvalue weighted by molar-refractivity contribution is 0.655. The third kappa shape index (κ3) is 3.74. The second-order valence-corrected chi connectivity index (χ2v) is 6.97.